The van der Waals surface area contributed by atoms with Gasteiger partial charge < -0.3 is 4.74 Å². The van der Waals surface area contributed by atoms with E-state index in [9.17, 15) is 4.79 Å². The first-order valence-electron chi connectivity index (χ1n) is 6.63. The van der Waals surface area contributed by atoms with Gasteiger partial charge in [0.05, 0.1) is 6.61 Å². The lowest BCUT2D eigenvalue weighted by Gasteiger charge is -2.09. The Balaban J connectivity index is 3.33. The van der Waals surface area contributed by atoms with Gasteiger partial charge in [0.15, 0.2) is 0 Å². The summed E-state index contributed by atoms with van der Waals surface area (Å²) in [4.78, 5) is 11.3. The van der Waals surface area contributed by atoms with Gasteiger partial charge in [0.1, 0.15) is 0 Å². The summed E-state index contributed by atoms with van der Waals surface area (Å²) in [7, 11) is 0. The molecule has 0 unspecified atom stereocenters. The average Bonchev–Trinajstić information content (AvgIpc) is 2.34. The Labute approximate surface area is 106 Å². The van der Waals surface area contributed by atoms with Crippen LogP contribution in [0, 0.1) is 5.92 Å². The molecular formula is C15H26O2. The van der Waals surface area contributed by atoms with Crippen LogP contribution in [0.2, 0.25) is 0 Å². The van der Waals surface area contributed by atoms with Crippen molar-refractivity contribution >= 4 is 5.97 Å². The van der Waals surface area contributed by atoms with Crippen LogP contribution in [-0.4, -0.2) is 12.6 Å². The lowest BCUT2D eigenvalue weighted by atomic mass is 10.1. The minimum absolute atomic E-state index is 0.0491. The number of allylic oxidation sites excluding steroid dienone is 3. The van der Waals surface area contributed by atoms with Gasteiger partial charge in [-0.3, -0.25) is 4.79 Å². The highest BCUT2D eigenvalue weighted by Gasteiger charge is 2.05. The smallest absolute Gasteiger partial charge is 0.305 e. The zero-order valence-electron chi connectivity index (χ0n) is 11.3. The summed E-state index contributed by atoms with van der Waals surface area (Å²) in [6.07, 6.45) is 11.7. The van der Waals surface area contributed by atoms with Gasteiger partial charge in [-0.1, -0.05) is 51.5 Å². The Morgan fingerprint density at radius 1 is 1.35 bits per heavy atom. The van der Waals surface area contributed by atoms with E-state index >= 15 is 0 Å². The van der Waals surface area contributed by atoms with Crippen molar-refractivity contribution in [3.05, 3.63) is 24.8 Å². The molecule has 2 heteroatoms. The third-order valence-electron chi connectivity index (χ3n) is 2.75. The van der Waals surface area contributed by atoms with Crippen molar-refractivity contribution in [2.75, 3.05) is 6.61 Å². The molecule has 0 amide bonds. The minimum Gasteiger partial charge on any atom is -0.465 e. The fraction of sp³-hybridized carbons (Fsp3) is 0.667. The van der Waals surface area contributed by atoms with Crippen LogP contribution in [0.5, 0.6) is 0 Å². The van der Waals surface area contributed by atoms with Crippen LogP contribution in [0.4, 0.5) is 0 Å². The van der Waals surface area contributed by atoms with Gasteiger partial charge in [0.2, 0.25) is 0 Å². The van der Waals surface area contributed by atoms with Crippen molar-refractivity contribution in [1.29, 1.82) is 0 Å². The number of unbranched alkanes of at least 4 members (excludes halogenated alkanes) is 3. The largest absolute Gasteiger partial charge is 0.465 e. The molecule has 0 saturated heterocycles. The highest BCUT2D eigenvalue weighted by Crippen LogP contribution is 2.06. The van der Waals surface area contributed by atoms with Crippen LogP contribution in [0.1, 0.15) is 52.4 Å². The lowest BCUT2D eigenvalue weighted by molar-refractivity contribution is -0.145. The fourth-order valence-corrected chi connectivity index (χ4v) is 1.33. The molecule has 17 heavy (non-hydrogen) atoms. The first-order chi connectivity index (χ1) is 8.20. The molecule has 0 heterocycles. The van der Waals surface area contributed by atoms with E-state index in [-0.39, 0.29) is 5.97 Å². The summed E-state index contributed by atoms with van der Waals surface area (Å²) in [6.45, 7) is 8.38. The third-order valence-corrected chi connectivity index (χ3v) is 2.75. The van der Waals surface area contributed by atoms with Crippen molar-refractivity contribution < 1.29 is 9.53 Å². The van der Waals surface area contributed by atoms with E-state index < -0.39 is 0 Å². The summed E-state index contributed by atoms with van der Waals surface area (Å²) >= 11 is 0. The second-order valence-corrected chi connectivity index (χ2v) is 4.46. The van der Waals surface area contributed by atoms with Crippen molar-refractivity contribution in [1.82, 2.24) is 0 Å². The normalized spacial score (nSPS) is 12.6. The van der Waals surface area contributed by atoms with Gasteiger partial charge in [-0.05, 0) is 25.2 Å². The maximum atomic E-state index is 11.3. The molecule has 0 N–H and O–H groups in total. The maximum Gasteiger partial charge on any atom is 0.305 e. The number of rotatable bonds is 10. The van der Waals surface area contributed by atoms with Crippen LogP contribution in [0.15, 0.2) is 24.8 Å². The van der Waals surface area contributed by atoms with E-state index in [0.717, 1.165) is 32.1 Å². The Hall–Kier alpha value is -1.05. The van der Waals surface area contributed by atoms with Gasteiger partial charge in [-0.2, -0.15) is 0 Å². The summed E-state index contributed by atoms with van der Waals surface area (Å²) < 4.78 is 5.17. The fourth-order valence-electron chi connectivity index (χ4n) is 1.33. The van der Waals surface area contributed by atoms with Crippen molar-refractivity contribution in [3.63, 3.8) is 0 Å². The van der Waals surface area contributed by atoms with Gasteiger partial charge >= 0.3 is 5.97 Å². The highest BCUT2D eigenvalue weighted by molar-refractivity contribution is 5.69. The molecule has 0 aromatic rings. The van der Waals surface area contributed by atoms with E-state index in [4.69, 9.17) is 4.74 Å². The van der Waals surface area contributed by atoms with Crippen molar-refractivity contribution in [2.24, 2.45) is 5.92 Å². The molecule has 0 spiro atoms. The molecule has 1 atom stereocenters. The first kappa shape index (κ1) is 16.0. The topological polar surface area (TPSA) is 26.3 Å². The maximum absolute atomic E-state index is 11.3. The van der Waals surface area contributed by atoms with Crippen LogP contribution < -0.4 is 0 Å². The van der Waals surface area contributed by atoms with E-state index in [1.54, 1.807) is 6.08 Å². The summed E-state index contributed by atoms with van der Waals surface area (Å²) in [5.74, 6) is 0.426. The van der Waals surface area contributed by atoms with E-state index in [1.165, 1.54) is 0 Å². The van der Waals surface area contributed by atoms with E-state index in [2.05, 4.69) is 26.5 Å². The first-order valence-corrected chi connectivity index (χ1v) is 6.63. The zero-order valence-corrected chi connectivity index (χ0v) is 11.3. The molecule has 0 aliphatic carbocycles. The van der Waals surface area contributed by atoms with Gasteiger partial charge in [0.25, 0.3) is 0 Å². The van der Waals surface area contributed by atoms with E-state index in [1.807, 2.05) is 6.08 Å². The van der Waals surface area contributed by atoms with Crippen molar-refractivity contribution in [3.8, 4) is 0 Å². The number of hydrogen-bond donors (Lipinski definition) is 0. The van der Waals surface area contributed by atoms with Crippen LogP contribution in [0.25, 0.3) is 0 Å². The van der Waals surface area contributed by atoms with Gasteiger partial charge in [-0.25, -0.2) is 0 Å². The second-order valence-electron chi connectivity index (χ2n) is 4.46. The summed E-state index contributed by atoms with van der Waals surface area (Å²) in [6, 6.07) is 0. The molecule has 0 aliphatic rings. The van der Waals surface area contributed by atoms with Crippen molar-refractivity contribution in [2.45, 2.75) is 52.4 Å². The number of hydrogen-bond acceptors (Lipinski definition) is 2. The molecule has 0 radical (unpaired) electrons. The molecule has 0 aromatic carbocycles. The lowest BCUT2D eigenvalue weighted by Crippen LogP contribution is -2.11. The Kier molecular flexibility index (Phi) is 10.7. The molecular weight excluding hydrogens is 212 g/mol. The Morgan fingerprint density at radius 3 is 2.76 bits per heavy atom. The summed E-state index contributed by atoms with van der Waals surface area (Å²) in [5.41, 5.74) is 0. The van der Waals surface area contributed by atoms with Crippen LogP contribution in [-0.2, 0) is 9.53 Å². The third kappa shape index (κ3) is 11.2. The second kappa shape index (κ2) is 11.4. The standard InChI is InChI=1S/C15H26O2/c1-4-6-7-8-9-10-11-12-15(16)17-13-14(3)5-2/h4,6-7,14H,1,5,8-13H2,2-3H3/b7-6+/t14-/m0/s1. The Morgan fingerprint density at radius 2 is 2.12 bits per heavy atom. The number of esters is 1. The van der Waals surface area contributed by atoms with Crippen LogP contribution in [0.3, 0.4) is 0 Å². The SMILES string of the molecule is C=C/C=C/CCCCCC(=O)OC[C@@H](C)CC. The summed E-state index contributed by atoms with van der Waals surface area (Å²) in [5, 5.41) is 0. The molecule has 0 bridgehead atoms. The number of carbonyl (C=O) groups is 1. The predicted molar refractivity (Wildman–Crippen MR) is 72.8 cm³/mol. The molecule has 2 nitrogen and oxygen atoms in total. The van der Waals surface area contributed by atoms with Gasteiger partial charge in [0, 0.05) is 6.42 Å². The molecule has 98 valence electrons. The molecule has 0 aliphatic heterocycles. The number of carbonyl (C=O) groups excluding carboxylic acids is 1. The minimum atomic E-state index is -0.0491. The van der Waals surface area contributed by atoms with Crippen LogP contribution >= 0.6 is 0 Å². The predicted octanol–water partition coefficient (Wildman–Crippen LogP) is 4.27. The molecule has 0 rings (SSSR count). The molecule has 0 fully saturated rings. The monoisotopic (exact) mass is 238 g/mol. The van der Waals surface area contributed by atoms with E-state index in [0.29, 0.717) is 18.9 Å². The van der Waals surface area contributed by atoms with Gasteiger partial charge in [-0.15, -0.1) is 0 Å². The average molecular weight is 238 g/mol. The Bertz CT molecular complexity index is 231. The quantitative estimate of drug-likeness (QED) is 0.323. The molecule has 0 saturated carbocycles. The highest BCUT2D eigenvalue weighted by atomic mass is 16.5. The number of ether oxygens (including phenoxy) is 1. The zero-order chi connectivity index (χ0) is 12.9. The molecule has 0 aromatic heterocycles.